The van der Waals surface area contributed by atoms with E-state index in [1.807, 2.05) is 0 Å². The van der Waals surface area contributed by atoms with Crippen LogP contribution in [0.5, 0.6) is 0 Å². The quantitative estimate of drug-likeness (QED) is 0.502. The van der Waals surface area contributed by atoms with Crippen LogP contribution in [0.15, 0.2) is 0 Å². The van der Waals surface area contributed by atoms with Gasteiger partial charge in [0, 0.05) is 66.1 Å². The molecule has 0 saturated carbocycles. The van der Waals surface area contributed by atoms with Gasteiger partial charge in [0.2, 0.25) is 0 Å². The van der Waals surface area contributed by atoms with Crippen LogP contribution in [0, 0.1) is 0 Å². The fraction of sp³-hybridized carbons (Fsp3) is 0. The molecule has 0 fully saturated rings. The molecule has 0 nitrogen and oxygen atoms in total. The van der Waals surface area contributed by atoms with Crippen molar-refractivity contribution >= 4 is 28.6 Å². The first-order valence-electron chi connectivity index (χ1n) is 0. The molecule has 0 atom stereocenters. The molecule has 0 N–H and O–H groups in total. The normalized spacial score (nSPS) is 0. The van der Waals surface area contributed by atoms with Gasteiger partial charge in [-0.25, -0.2) is 0 Å². The molecule has 4 heteroatoms. The van der Waals surface area contributed by atoms with Crippen LogP contribution < -0.4 is 0 Å². The summed E-state index contributed by atoms with van der Waals surface area (Å²) in [5.41, 5.74) is 0. The largest absolute Gasteiger partial charge is 0 e. The molecule has 0 amide bonds. The third-order valence-corrected chi connectivity index (χ3v) is 0. The van der Waals surface area contributed by atoms with E-state index >= 15 is 0 Å². The Labute approximate surface area is 65.7 Å². The van der Waals surface area contributed by atoms with Gasteiger partial charge in [0.05, 0.1) is 0 Å². The van der Waals surface area contributed by atoms with Gasteiger partial charge >= 0.3 is 0 Å². The zero-order chi connectivity index (χ0) is 0. The molecule has 0 aromatic carbocycles. The van der Waals surface area contributed by atoms with Crippen molar-refractivity contribution in [2.45, 2.75) is 0 Å². The molecule has 0 rings (SSSR count). The first-order valence-corrected chi connectivity index (χ1v) is 0. The van der Waals surface area contributed by atoms with E-state index in [0.717, 1.165) is 0 Å². The van der Waals surface area contributed by atoms with Gasteiger partial charge in [-0.2, -0.15) is 0 Å². The third kappa shape index (κ3) is 9.05. The van der Waals surface area contributed by atoms with E-state index in [0.29, 0.717) is 0 Å². The average molecular weight is 354 g/mol. The van der Waals surface area contributed by atoms with Crippen molar-refractivity contribution < 1.29 is 37.6 Å². The Balaban J connectivity index is 0. The maximum absolute atomic E-state index is 0. The summed E-state index contributed by atoms with van der Waals surface area (Å²) in [6.07, 6.45) is 0. The number of hydrogen-bond acceptors (Lipinski definition) is 0. The van der Waals surface area contributed by atoms with E-state index in [1.165, 1.54) is 0 Å². The molecule has 0 unspecified atom stereocenters. The summed E-state index contributed by atoms with van der Waals surface area (Å²) in [5, 5.41) is 0. The van der Waals surface area contributed by atoms with E-state index in [2.05, 4.69) is 0 Å². The number of hydrogen-bond donors (Lipinski definition) is 0. The van der Waals surface area contributed by atoms with E-state index in [9.17, 15) is 0 Å². The molecule has 0 aliphatic rings. The average Bonchev–Trinajstić information content (AvgIpc) is 0. The molecule has 8 radical (unpaired) electrons. The Kier molecular flexibility index (Phi) is 196. The van der Waals surface area contributed by atoms with Crippen LogP contribution in [0.1, 0.15) is 0 Å². The van der Waals surface area contributed by atoms with Gasteiger partial charge in [0.1, 0.15) is 0 Å². The summed E-state index contributed by atoms with van der Waals surface area (Å²) in [6, 6.07) is 0. The molecule has 28 valence electrons. The standard InChI is InChI=1S/Ge.Ni.Pt.Si. The first kappa shape index (κ1) is 38.5. The van der Waals surface area contributed by atoms with Gasteiger partial charge in [-0.1, -0.05) is 0 Å². The monoisotopic (exact) mass is 355 g/mol. The smallest absolute Gasteiger partial charge is 0 e. The van der Waals surface area contributed by atoms with Gasteiger partial charge in [0.15, 0.2) is 0 Å². The minimum atomic E-state index is 0. The van der Waals surface area contributed by atoms with E-state index < -0.39 is 0 Å². The van der Waals surface area contributed by atoms with Gasteiger partial charge in [-0.05, 0) is 0 Å². The molecule has 0 aliphatic carbocycles. The molecule has 0 heterocycles. The van der Waals surface area contributed by atoms with Crippen LogP contribution >= 0.6 is 0 Å². The molecular weight excluding hydrogens is 354 g/mol. The Morgan fingerprint density at radius 1 is 1.00 bits per heavy atom. The van der Waals surface area contributed by atoms with Crippen molar-refractivity contribution in [2.24, 2.45) is 0 Å². The Hall–Kier alpha value is 1.94. The van der Waals surface area contributed by atoms with E-state index in [4.69, 9.17) is 0 Å². The van der Waals surface area contributed by atoms with Gasteiger partial charge < -0.3 is 0 Å². The van der Waals surface area contributed by atoms with E-state index in [1.54, 1.807) is 0 Å². The minimum Gasteiger partial charge on any atom is 0 e. The molecular formula is GeNiPtSi. The minimum absolute atomic E-state index is 0. The van der Waals surface area contributed by atoms with Gasteiger partial charge in [0.25, 0.3) is 0 Å². The fourth-order valence-electron chi connectivity index (χ4n) is 0. The summed E-state index contributed by atoms with van der Waals surface area (Å²) in [7, 11) is 0. The Morgan fingerprint density at radius 3 is 1.00 bits per heavy atom. The molecule has 4 heavy (non-hydrogen) atoms. The van der Waals surface area contributed by atoms with Crippen molar-refractivity contribution in [3.63, 3.8) is 0 Å². The van der Waals surface area contributed by atoms with Crippen molar-refractivity contribution in [1.29, 1.82) is 0 Å². The molecule has 0 aromatic heterocycles. The Bertz CT molecular complexity index is 8.00. The molecule has 0 aliphatic heterocycles. The second-order valence-corrected chi connectivity index (χ2v) is 0. The number of rotatable bonds is 0. The zero-order valence-corrected chi connectivity index (χ0v) is 7.99. The topological polar surface area (TPSA) is 0 Å². The summed E-state index contributed by atoms with van der Waals surface area (Å²) < 4.78 is 0. The molecule has 0 spiro atoms. The second-order valence-electron chi connectivity index (χ2n) is 0. The maximum atomic E-state index is 0. The second kappa shape index (κ2) is 20.4. The molecule has 0 bridgehead atoms. The summed E-state index contributed by atoms with van der Waals surface area (Å²) >= 11 is 0. The van der Waals surface area contributed by atoms with Crippen molar-refractivity contribution in [1.82, 2.24) is 0 Å². The SMILES string of the molecule is [Ge].[Ni].[Pt].[Si]. The van der Waals surface area contributed by atoms with Crippen molar-refractivity contribution in [2.75, 3.05) is 0 Å². The van der Waals surface area contributed by atoms with Crippen LogP contribution in [-0.4, -0.2) is 28.6 Å². The summed E-state index contributed by atoms with van der Waals surface area (Å²) in [4.78, 5) is 0. The zero-order valence-electron chi connectivity index (χ0n) is 1.63. The van der Waals surface area contributed by atoms with Crippen LogP contribution in [0.4, 0.5) is 0 Å². The van der Waals surface area contributed by atoms with Crippen LogP contribution in [0.3, 0.4) is 0 Å². The molecule has 0 saturated heterocycles. The summed E-state index contributed by atoms with van der Waals surface area (Å²) in [6.45, 7) is 0. The van der Waals surface area contributed by atoms with Gasteiger partial charge in [-0.15, -0.1) is 0 Å². The Morgan fingerprint density at radius 2 is 1.00 bits per heavy atom. The summed E-state index contributed by atoms with van der Waals surface area (Å²) in [5.74, 6) is 0. The predicted octanol–water partition coefficient (Wildman–Crippen LogP) is -0.767. The first-order chi connectivity index (χ1) is 0. The third-order valence-electron chi connectivity index (χ3n) is 0. The van der Waals surface area contributed by atoms with E-state index in [-0.39, 0.29) is 66.1 Å². The fourth-order valence-corrected chi connectivity index (χ4v) is 0. The van der Waals surface area contributed by atoms with Crippen LogP contribution in [0.25, 0.3) is 0 Å². The maximum Gasteiger partial charge on any atom is 0 e. The van der Waals surface area contributed by atoms with Crippen molar-refractivity contribution in [3.8, 4) is 0 Å². The van der Waals surface area contributed by atoms with Crippen LogP contribution in [0.2, 0.25) is 0 Å². The van der Waals surface area contributed by atoms with Gasteiger partial charge in [-0.3, -0.25) is 0 Å². The van der Waals surface area contributed by atoms with Crippen molar-refractivity contribution in [3.05, 3.63) is 0 Å². The predicted molar refractivity (Wildman–Crippen MR) is 11.5 cm³/mol. The van der Waals surface area contributed by atoms with Crippen LogP contribution in [-0.2, 0) is 37.6 Å². The molecule has 0 aromatic rings.